The molecule has 0 heterocycles. The van der Waals surface area contributed by atoms with Crippen LogP contribution in [-0.4, -0.2) is 30.3 Å². The molecule has 0 amide bonds. The Labute approximate surface area is 126 Å². The Morgan fingerprint density at radius 3 is 2.86 bits per heavy atom. The van der Waals surface area contributed by atoms with Crippen LogP contribution >= 0.6 is 0 Å². The molecule has 4 heteroatoms. The number of benzene rings is 1. The molecule has 116 valence electrons. The summed E-state index contributed by atoms with van der Waals surface area (Å²) in [6.45, 7) is 6.01. The van der Waals surface area contributed by atoms with Crippen LogP contribution in [0.25, 0.3) is 0 Å². The summed E-state index contributed by atoms with van der Waals surface area (Å²) in [5, 5.41) is 12.5. The first kappa shape index (κ1) is 15.8. The molecule has 1 aliphatic rings. The van der Waals surface area contributed by atoms with E-state index in [0.29, 0.717) is 18.4 Å². The molecule has 2 rings (SSSR count). The minimum Gasteiger partial charge on any atom is -0.492 e. The standard InChI is InChI=1S/C17H25NO3/c1-12-6-7-15(10-13(12)2)18-8-9-21-16-5-3-4-14(11-16)17(19)20/h3-5,11-13,15,18H,6-10H2,1-2H3,(H,19,20). The van der Waals surface area contributed by atoms with Gasteiger partial charge in [-0.25, -0.2) is 4.79 Å². The summed E-state index contributed by atoms with van der Waals surface area (Å²) in [5.74, 6) is 1.30. The van der Waals surface area contributed by atoms with E-state index in [1.165, 1.54) is 19.3 Å². The highest BCUT2D eigenvalue weighted by molar-refractivity contribution is 5.87. The monoisotopic (exact) mass is 291 g/mol. The van der Waals surface area contributed by atoms with Gasteiger partial charge in [-0.2, -0.15) is 0 Å². The maximum Gasteiger partial charge on any atom is 0.335 e. The zero-order valence-corrected chi connectivity index (χ0v) is 12.8. The average Bonchev–Trinajstić information content (AvgIpc) is 2.47. The number of carboxylic acids is 1. The van der Waals surface area contributed by atoms with Crippen molar-refractivity contribution < 1.29 is 14.6 Å². The molecule has 1 saturated carbocycles. The van der Waals surface area contributed by atoms with Crippen molar-refractivity contribution >= 4 is 5.97 Å². The van der Waals surface area contributed by atoms with Gasteiger partial charge in [-0.05, 0) is 49.3 Å². The van der Waals surface area contributed by atoms with E-state index in [1.807, 2.05) is 0 Å². The van der Waals surface area contributed by atoms with Crippen molar-refractivity contribution in [3.63, 3.8) is 0 Å². The maximum atomic E-state index is 10.9. The molecule has 4 nitrogen and oxygen atoms in total. The predicted octanol–water partition coefficient (Wildman–Crippen LogP) is 3.18. The van der Waals surface area contributed by atoms with Gasteiger partial charge >= 0.3 is 5.97 Å². The van der Waals surface area contributed by atoms with Crippen LogP contribution in [0.4, 0.5) is 0 Å². The number of ether oxygens (including phenoxy) is 1. The molecule has 0 bridgehead atoms. The number of carbonyl (C=O) groups is 1. The molecule has 1 aromatic carbocycles. The molecule has 1 aliphatic carbocycles. The van der Waals surface area contributed by atoms with Crippen molar-refractivity contribution in [2.75, 3.05) is 13.2 Å². The fourth-order valence-corrected chi connectivity index (χ4v) is 2.88. The lowest BCUT2D eigenvalue weighted by molar-refractivity contribution is 0.0696. The smallest absolute Gasteiger partial charge is 0.335 e. The molecule has 21 heavy (non-hydrogen) atoms. The van der Waals surface area contributed by atoms with Gasteiger partial charge in [-0.1, -0.05) is 19.9 Å². The summed E-state index contributed by atoms with van der Waals surface area (Å²) >= 11 is 0. The average molecular weight is 291 g/mol. The van der Waals surface area contributed by atoms with Crippen molar-refractivity contribution in [1.82, 2.24) is 5.32 Å². The summed E-state index contributed by atoms with van der Waals surface area (Å²) in [7, 11) is 0. The van der Waals surface area contributed by atoms with Crippen LogP contribution in [0.3, 0.4) is 0 Å². The van der Waals surface area contributed by atoms with Crippen LogP contribution in [0.5, 0.6) is 5.75 Å². The van der Waals surface area contributed by atoms with Gasteiger partial charge in [0.2, 0.25) is 0 Å². The van der Waals surface area contributed by atoms with E-state index < -0.39 is 5.97 Å². The summed E-state index contributed by atoms with van der Waals surface area (Å²) < 4.78 is 5.61. The van der Waals surface area contributed by atoms with Gasteiger partial charge in [0.15, 0.2) is 0 Å². The Morgan fingerprint density at radius 1 is 1.33 bits per heavy atom. The molecule has 0 radical (unpaired) electrons. The Hall–Kier alpha value is -1.55. The van der Waals surface area contributed by atoms with Gasteiger partial charge in [0.1, 0.15) is 12.4 Å². The largest absolute Gasteiger partial charge is 0.492 e. The summed E-state index contributed by atoms with van der Waals surface area (Å²) in [6, 6.07) is 7.21. The van der Waals surface area contributed by atoms with E-state index in [2.05, 4.69) is 19.2 Å². The quantitative estimate of drug-likeness (QED) is 0.790. The van der Waals surface area contributed by atoms with Crippen molar-refractivity contribution in [2.24, 2.45) is 11.8 Å². The van der Waals surface area contributed by atoms with Crippen molar-refractivity contribution in [3.05, 3.63) is 29.8 Å². The van der Waals surface area contributed by atoms with E-state index in [0.717, 1.165) is 18.4 Å². The van der Waals surface area contributed by atoms with Gasteiger partial charge in [0, 0.05) is 12.6 Å². The van der Waals surface area contributed by atoms with E-state index in [1.54, 1.807) is 24.3 Å². The summed E-state index contributed by atoms with van der Waals surface area (Å²) in [4.78, 5) is 10.9. The number of carboxylic acid groups (broad SMARTS) is 1. The molecule has 1 fully saturated rings. The molecular formula is C17H25NO3. The molecule has 0 spiro atoms. The van der Waals surface area contributed by atoms with Crippen molar-refractivity contribution in [2.45, 2.75) is 39.2 Å². The van der Waals surface area contributed by atoms with Crippen LogP contribution in [0, 0.1) is 11.8 Å². The highest BCUT2D eigenvalue weighted by Crippen LogP contribution is 2.29. The third-order valence-corrected chi connectivity index (χ3v) is 4.48. The van der Waals surface area contributed by atoms with Crippen LogP contribution in [-0.2, 0) is 0 Å². The van der Waals surface area contributed by atoms with E-state index in [-0.39, 0.29) is 5.56 Å². The second-order valence-electron chi connectivity index (χ2n) is 6.10. The number of nitrogens with one attached hydrogen (secondary N) is 1. The topological polar surface area (TPSA) is 58.6 Å². The third-order valence-electron chi connectivity index (χ3n) is 4.48. The molecule has 1 aromatic rings. The van der Waals surface area contributed by atoms with Crippen LogP contribution in [0.1, 0.15) is 43.5 Å². The van der Waals surface area contributed by atoms with E-state index in [9.17, 15) is 4.79 Å². The molecule has 3 atom stereocenters. The second kappa shape index (κ2) is 7.46. The van der Waals surface area contributed by atoms with Gasteiger partial charge in [-0.3, -0.25) is 0 Å². The van der Waals surface area contributed by atoms with Gasteiger partial charge in [-0.15, -0.1) is 0 Å². The molecule has 2 N–H and O–H groups in total. The number of hydrogen-bond donors (Lipinski definition) is 2. The molecule has 0 aliphatic heterocycles. The highest BCUT2D eigenvalue weighted by Gasteiger charge is 2.23. The summed E-state index contributed by atoms with van der Waals surface area (Å²) in [5.41, 5.74) is 0.260. The van der Waals surface area contributed by atoms with Crippen LogP contribution in [0.2, 0.25) is 0 Å². The van der Waals surface area contributed by atoms with Crippen LogP contribution < -0.4 is 10.1 Å². The maximum absolute atomic E-state index is 10.9. The highest BCUT2D eigenvalue weighted by atomic mass is 16.5. The molecule has 0 aromatic heterocycles. The van der Waals surface area contributed by atoms with E-state index in [4.69, 9.17) is 9.84 Å². The minimum absolute atomic E-state index is 0.260. The number of aromatic carboxylic acids is 1. The SMILES string of the molecule is CC1CCC(NCCOc2cccc(C(=O)O)c2)CC1C. The minimum atomic E-state index is -0.927. The van der Waals surface area contributed by atoms with E-state index >= 15 is 0 Å². The lowest BCUT2D eigenvalue weighted by atomic mass is 9.79. The molecular weight excluding hydrogens is 266 g/mol. The van der Waals surface area contributed by atoms with Gasteiger partial charge < -0.3 is 15.2 Å². The first-order valence-electron chi connectivity index (χ1n) is 7.76. The fourth-order valence-electron chi connectivity index (χ4n) is 2.88. The summed E-state index contributed by atoms with van der Waals surface area (Å²) in [6.07, 6.45) is 3.76. The first-order valence-corrected chi connectivity index (χ1v) is 7.76. The van der Waals surface area contributed by atoms with Crippen molar-refractivity contribution in [3.8, 4) is 5.75 Å². The lowest BCUT2D eigenvalue weighted by Crippen LogP contribution is -2.38. The number of rotatable bonds is 6. The van der Waals surface area contributed by atoms with Crippen molar-refractivity contribution in [1.29, 1.82) is 0 Å². The number of hydrogen-bond acceptors (Lipinski definition) is 3. The van der Waals surface area contributed by atoms with Crippen LogP contribution in [0.15, 0.2) is 24.3 Å². The zero-order chi connectivity index (χ0) is 15.2. The Balaban J connectivity index is 1.70. The molecule has 0 saturated heterocycles. The lowest BCUT2D eigenvalue weighted by Gasteiger charge is -2.32. The second-order valence-corrected chi connectivity index (χ2v) is 6.10. The van der Waals surface area contributed by atoms with Gasteiger partial charge in [0.25, 0.3) is 0 Å². The molecule has 3 unspecified atom stereocenters. The third kappa shape index (κ3) is 4.74. The first-order chi connectivity index (χ1) is 10.1. The fraction of sp³-hybridized carbons (Fsp3) is 0.588. The Kier molecular flexibility index (Phi) is 5.62. The Morgan fingerprint density at radius 2 is 2.14 bits per heavy atom. The zero-order valence-electron chi connectivity index (χ0n) is 12.8. The predicted molar refractivity (Wildman–Crippen MR) is 82.9 cm³/mol. The Bertz CT molecular complexity index is 475. The normalized spacial score (nSPS) is 25.5. The van der Waals surface area contributed by atoms with Gasteiger partial charge in [0.05, 0.1) is 5.56 Å².